The molecule has 0 atom stereocenters. The van der Waals surface area contributed by atoms with Crippen LogP contribution in [-0.4, -0.2) is 67.1 Å². The van der Waals surface area contributed by atoms with Crippen molar-refractivity contribution in [1.29, 1.82) is 0 Å². The van der Waals surface area contributed by atoms with Crippen molar-refractivity contribution in [2.75, 3.05) is 46.4 Å². The highest BCUT2D eigenvalue weighted by Gasteiger charge is 2.21. The van der Waals surface area contributed by atoms with E-state index in [-0.39, 0.29) is 16.2 Å². The minimum absolute atomic E-state index is 0.0465. The van der Waals surface area contributed by atoms with Gasteiger partial charge in [0, 0.05) is 38.9 Å². The quantitative estimate of drug-likeness (QED) is 0.793. The largest absolute Gasteiger partial charge is 0.383 e. The smallest absolute Gasteiger partial charge is 0.254 e. The van der Waals surface area contributed by atoms with Gasteiger partial charge in [0.25, 0.3) is 5.91 Å². The average Bonchev–Trinajstić information content (AvgIpc) is 2.68. The topological polar surface area (TPSA) is 45.7 Å². The fraction of sp³-hybridized carbons (Fsp3) is 0.571. The summed E-state index contributed by atoms with van der Waals surface area (Å²) >= 11 is 11.7. The molecule has 1 aromatic rings. The van der Waals surface area contributed by atoms with Gasteiger partial charge in [-0.05, 0) is 25.1 Å². The zero-order valence-corrected chi connectivity index (χ0v) is 13.5. The maximum atomic E-state index is 12.5. The molecule has 0 unspecified atom stereocenters. The summed E-state index contributed by atoms with van der Waals surface area (Å²) in [6, 6.07) is 3.12. The predicted molar refractivity (Wildman–Crippen MR) is 83.1 cm³/mol. The zero-order valence-electron chi connectivity index (χ0n) is 12.0. The number of amides is 1. The lowest BCUT2D eigenvalue weighted by atomic mass is 10.2. The fourth-order valence-electron chi connectivity index (χ4n) is 2.39. The fourth-order valence-corrected chi connectivity index (χ4v) is 2.85. The molecule has 1 amide bonds. The van der Waals surface area contributed by atoms with Gasteiger partial charge in [0.05, 0.1) is 6.61 Å². The summed E-state index contributed by atoms with van der Waals surface area (Å²) in [7, 11) is 1.70. The van der Waals surface area contributed by atoms with Gasteiger partial charge < -0.3 is 9.64 Å². The Morgan fingerprint density at radius 3 is 2.62 bits per heavy atom. The van der Waals surface area contributed by atoms with Crippen molar-refractivity contribution in [3.8, 4) is 0 Å². The molecule has 0 N–H and O–H groups in total. The number of hydrogen-bond acceptors (Lipinski definition) is 4. The second kappa shape index (κ2) is 7.94. The lowest BCUT2D eigenvalue weighted by Gasteiger charge is -2.22. The van der Waals surface area contributed by atoms with Crippen LogP contribution in [-0.2, 0) is 4.74 Å². The Hall–Kier alpha value is -0.880. The summed E-state index contributed by atoms with van der Waals surface area (Å²) in [6.45, 7) is 4.86. The predicted octanol–water partition coefficient (Wildman–Crippen LogP) is 2.18. The number of pyridine rings is 1. The highest BCUT2D eigenvalue weighted by Crippen LogP contribution is 2.17. The first-order chi connectivity index (χ1) is 10.1. The molecule has 1 aliphatic rings. The third-order valence-corrected chi connectivity index (χ3v) is 3.88. The van der Waals surface area contributed by atoms with Crippen LogP contribution in [0.15, 0.2) is 12.1 Å². The second-order valence-corrected chi connectivity index (χ2v) is 5.76. The highest BCUT2D eigenvalue weighted by atomic mass is 35.5. The number of carbonyl (C=O) groups excluding carboxylic acids is 1. The van der Waals surface area contributed by atoms with E-state index in [1.54, 1.807) is 19.2 Å². The average molecular weight is 332 g/mol. The van der Waals surface area contributed by atoms with Crippen LogP contribution in [0, 0.1) is 0 Å². The Balaban J connectivity index is 1.99. The van der Waals surface area contributed by atoms with Crippen molar-refractivity contribution in [3.63, 3.8) is 0 Å². The maximum Gasteiger partial charge on any atom is 0.254 e. The van der Waals surface area contributed by atoms with Crippen LogP contribution in [0.3, 0.4) is 0 Å². The van der Waals surface area contributed by atoms with Gasteiger partial charge in [-0.15, -0.1) is 0 Å². The summed E-state index contributed by atoms with van der Waals surface area (Å²) in [5.74, 6) is -0.0465. The van der Waals surface area contributed by atoms with Crippen LogP contribution in [0.1, 0.15) is 16.8 Å². The maximum absolute atomic E-state index is 12.5. The Bertz CT molecular complexity index is 479. The van der Waals surface area contributed by atoms with Crippen LogP contribution >= 0.6 is 23.2 Å². The van der Waals surface area contributed by atoms with Crippen LogP contribution in [0.4, 0.5) is 0 Å². The van der Waals surface area contributed by atoms with Crippen molar-refractivity contribution in [1.82, 2.24) is 14.8 Å². The molecule has 5 nitrogen and oxygen atoms in total. The number of rotatable bonds is 4. The van der Waals surface area contributed by atoms with Gasteiger partial charge in [-0.2, -0.15) is 0 Å². The van der Waals surface area contributed by atoms with Gasteiger partial charge in [0.15, 0.2) is 0 Å². The minimum Gasteiger partial charge on any atom is -0.383 e. The second-order valence-electron chi connectivity index (χ2n) is 4.98. The van der Waals surface area contributed by atoms with Crippen LogP contribution in [0.2, 0.25) is 10.3 Å². The van der Waals surface area contributed by atoms with Gasteiger partial charge in [0.1, 0.15) is 10.3 Å². The molecular weight excluding hydrogens is 313 g/mol. The molecule has 7 heteroatoms. The summed E-state index contributed by atoms with van der Waals surface area (Å²) < 4.78 is 5.10. The van der Waals surface area contributed by atoms with E-state index in [2.05, 4.69) is 9.88 Å². The molecule has 0 bridgehead atoms. The number of halogens is 2. The van der Waals surface area contributed by atoms with Crippen molar-refractivity contribution in [2.24, 2.45) is 0 Å². The lowest BCUT2D eigenvalue weighted by molar-refractivity contribution is 0.0759. The van der Waals surface area contributed by atoms with E-state index in [1.165, 1.54) is 0 Å². The molecule has 2 rings (SSSR count). The minimum atomic E-state index is -0.0465. The Morgan fingerprint density at radius 2 is 1.95 bits per heavy atom. The number of ether oxygens (including phenoxy) is 1. The highest BCUT2D eigenvalue weighted by molar-refractivity contribution is 6.33. The van der Waals surface area contributed by atoms with Gasteiger partial charge in [-0.25, -0.2) is 4.98 Å². The molecule has 21 heavy (non-hydrogen) atoms. The van der Waals surface area contributed by atoms with E-state index in [0.717, 1.165) is 32.6 Å². The molecule has 116 valence electrons. The Morgan fingerprint density at radius 1 is 1.24 bits per heavy atom. The summed E-state index contributed by atoms with van der Waals surface area (Å²) in [5.41, 5.74) is 0.491. The van der Waals surface area contributed by atoms with Crippen molar-refractivity contribution < 1.29 is 9.53 Å². The molecule has 0 aromatic carbocycles. The number of hydrogen-bond donors (Lipinski definition) is 0. The van der Waals surface area contributed by atoms with Gasteiger partial charge in [-0.1, -0.05) is 23.2 Å². The van der Waals surface area contributed by atoms with Crippen molar-refractivity contribution in [2.45, 2.75) is 6.42 Å². The molecule has 0 spiro atoms. The van der Waals surface area contributed by atoms with Crippen LogP contribution in [0.5, 0.6) is 0 Å². The number of aromatic nitrogens is 1. The molecule has 0 aliphatic carbocycles. The molecule has 1 fully saturated rings. The SMILES string of the molecule is COCCN1CCCN(C(=O)c2cc(Cl)nc(Cl)c2)CC1. The van der Waals surface area contributed by atoms with Crippen LogP contribution < -0.4 is 0 Å². The molecule has 0 saturated carbocycles. The van der Waals surface area contributed by atoms with Gasteiger partial charge >= 0.3 is 0 Å². The van der Waals surface area contributed by atoms with E-state index in [1.807, 2.05) is 4.90 Å². The van der Waals surface area contributed by atoms with Crippen molar-refractivity contribution >= 4 is 29.1 Å². The monoisotopic (exact) mass is 331 g/mol. The lowest BCUT2D eigenvalue weighted by Crippen LogP contribution is -2.36. The first-order valence-corrected chi connectivity index (χ1v) is 7.69. The molecule has 1 saturated heterocycles. The summed E-state index contributed by atoms with van der Waals surface area (Å²) in [4.78, 5) is 20.5. The van der Waals surface area contributed by atoms with Gasteiger partial charge in [0.2, 0.25) is 0 Å². The van der Waals surface area contributed by atoms with E-state index in [4.69, 9.17) is 27.9 Å². The van der Waals surface area contributed by atoms with Crippen molar-refractivity contribution in [3.05, 3.63) is 28.0 Å². The number of carbonyl (C=O) groups is 1. The normalized spacial score (nSPS) is 16.8. The van der Waals surface area contributed by atoms with E-state index < -0.39 is 0 Å². The Labute approximate surface area is 134 Å². The molecular formula is C14H19Cl2N3O2. The molecule has 1 aromatic heterocycles. The summed E-state index contributed by atoms with van der Waals surface area (Å²) in [6.07, 6.45) is 0.946. The number of nitrogens with zero attached hydrogens (tertiary/aromatic N) is 3. The van der Waals surface area contributed by atoms with Crippen LogP contribution in [0.25, 0.3) is 0 Å². The molecule has 2 heterocycles. The zero-order chi connectivity index (χ0) is 15.2. The first kappa shape index (κ1) is 16.5. The number of methoxy groups -OCH3 is 1. The van der Waals surface area contributed by atoms with Gasteiger partial charge in [-0.3, -0.25) is 9.69 Å². The third-order valence-electron chi connectivity index (χ3n) is 3.50. The van der Waals surface area contributed by atoms with E-state index >= 15 is 0 Å². The van der Waals surface area contributed by atoms with E-state index in [9.17, 15) is 4.79 Å². The summed E-state index contributed by atoms with van der Waals surface area (Å²) in [5, 5.41) is 0.477. The van der Waals surface area contributed by atoms with E-state index in [0.29, 0.717) is 18.7 Å². The Kier molecular flexibility index (Phi) is 6.23. The standard InChI is InChI=1S/C14H19Cl2N3O2/c1-21-8-7-18-3-2-4-19(6-5-18)14(20)11-9-12(15)17-13(16)10-11/h9-10H,2-8H2,1H3. The third kappa shape index (κ3) is 4.81. The molecule has 0 radical (unpaired) electrons. The first-order valence-electron chi connectivity index (χ1n) is 6.94. The molecule has 1 aliphatic heterocycles.